The Balaban J connectivity index is 1.91. The van der Waals surface area contributed by atoms with Gasteiger partial charge in [0.05, 0.1) is 0 Å². The molecular formula is C18H24P2. The van der Waals surface area contributed by atoms with E-state index in [0.717, 1.165) is 17.2 Å². The Morgan fingerprint density at radius 1 is 0.600 bits per heavy atom. The van der Waals surface area contributed by atoms with Gasteiger partial charge in [0.2, 0.25) is 0 Å². The van der Waals surface area contributed by atoms with Gasteiger partial charge in [-0.25, -0.2) is 0 Å². The van der Waals surface area contributed by atoms with Gasteiger partial charge in [0, 0.05) is 0 Å². The van der Waals surface area contributed by atoms with Crippen molar-refractivity contribution in [1.82, 2.24) is 0 Å². The first-order valence-corrected chi connectivity index (χ1v) is 9.61. The maximum Gasteiger partial charge on any atom is -0.0213 e. The van der Waals surface area contributed by atoms with Gasteiger partial charge in [-0.2, -0.15) is 0 Å². The minimum absolute atomic E-state index is 0.954. The Labute approximate surface area is 127 Å². The van der Waals surface area contributed by atoms with E-state index in [9.17, 15) is 0 Å². The molecule has 0 nitrogen and oxygen atoms in total. The lowest BCUT2D eigenvalue weighted by molar-refractivity contribution is 1.42. The summed E-state index contributed by atoms with van der Waals surface area (Å²) >= 11 is 0. The van der Waals surface area contributed by atoms with Crippen molar-refractivity contribution in [2.75, 3.05) is 12.3 Å². The van der Waals surface area contributed by atoms with Crippen LogP contribution in [0.15, 0.2) is 36.4 Å². The summed E-state index contributed by atoms with van der Waals surface area (Å²) in [6.45, 7) is 8.96. The monoisotopic (exact) mass is 302 g/mol. The van der Waals surface area contributed by atoms with Crippen LogP contribution in [-0.4, -0.2) is 12.3 Å². The largest absolute Gasteiger partial charge is 0.0895 e. The van der Waals surface area contributed by atoms with E-state index in [2.05, 4.69) is 64.1 Å². The molecule has 2 heteroatoms. The molecule has 0 aliphatic carbocycles. The normalized spacial score (nSPS) is 12.0. The van der Waals surface area contributed by atoms with Gasteiger partial charge in [0.15, 0.2) is 0 Å². The molecule has 2 aromatic rings. The lowest BCUT2D eigenvalue weighted by atomic mass is 10.2. The van der Waals surface area contributed by atoms with E-state index in [1.165, 1.54) is 34.6 Å². The Hall–Kier alpha value is -0.700. The van der Waals surface area contributed by atoms with Crippen molar-refractivity contribution in [3.8, 4) is 0 Å². The molecule has 0 spiro atoms. The summed E-state index contributed by atoms with van der Waals surface area (Å²) in [4.78, 5) is 0. The maximum atomic E-state index is 2.24. The molecule has 106 valence electrons. The van der Waals surface area contributed by atoms with Gasteiger partial charge in [-0.3, -0.25) is 0 Å². The van der Waals surface area contributed by atoms with E-state index >= 15 is 0 Å². The van der Waals surface area contributed by atoms with Crippen LogP contribution in [0.4, 0.5) is 0 Å². The average molecular weight is 302 g/mol. The molecule has 0 N–H and O–H groups in total. The van der Waals surface area contributed by atoms with Crippen LogP contribution in [0.5, 0.6) is 0 Å². The zero-order valence-corrected chi connectivity index (χ0v) is 14.9. The highest BCUT2D eigenvalue weighted by molar-refractivity contribution is 7.51. The van der Waals surface area contributed by atoms with Crippen LogP contribution in [0.3, 0.4) is 0 Å². The molecule has 0 saturated heterocycles. The molecule has 0 saturated carbocycles. The van der Waals surface area contributed by atoms with Crippen LogP contribution in [0, 0.1) is 27.7 Å². The molecule has 0 aliphatic heterocycles. The first kappa shape index (κ1) is 15.7. The molecule has 0 bridgehead atoms. The smallest absolute Gasteiger partial charge is 0.0213 e. The quantitative estimate of drug-likeness (QED) is 0.573. The van der Waals surface area contributed by atoms with Crippen molar-refractivity contribution in [1.29, 1.82) is 0 Å². The van der Waals surface area contributed by atoms with Crippen molar-refractivity contribution >= 4 is 27.8 Å². The van der Waals surface area contributed by atoms with Crippen molar-refractivity contribution in [3.05, 3.63) is 58.7 Å². The highest BCUT2D eigenvalue weighted by Gasteiger charge is 2.04. The molecule has 0 heterocycles. The summed E-state index contributed by atoms with van der Waals surface area (Å²) in [6, 6.07) is 13.3. The minimum Gasteiger partial charge on any atom is -0.0895 e. The Morgan fingerprint density at radius 2 is 0.900 bits per heavy atom. The van der Waals surface area contributed by atoms with Gasteiger partial charge >= 0.3 is 0 Å². The standard InChI is InChI=1S/C18H24P2/c1-13-7-5-8-14(2)17(13)19-11-12-20-18-15(3)9-6-10-16(18)4/h5-10,19-20H,11-12H2,1-4H3. The summed E-state index contributed by atoms with van der Waals surface area (Å²) in [5.41, 5.74) is 5.83. The van der Waals surface area contributed by atoms with Crippen molar-refractivity contribution < 1.29 is 0 Å². The van der Waals surface area contributed by atoms with E-state index in [-0.39, 0.29) is 0 Å². The van der Waals surface area contributed by atoms with Crippen LogP contribution in [0.25, 0.3) is 0 Å². The third kappa shape index (κ3) is 3.91. The number of aryl methyl sites for hydroxylation is 4. The number of hydrogen-bond donors (Lipinski definition) is 0. The van der Waals surface area contributed by atoms with Crippen LogP contribution in [-0.2, 0) is 0 Å². The van der Waals surface area contributed by atoms with E-state index < -0.39 is 0 Å². The molecule has 0 amide bonds. The van der Waals surface area contributed by atoms with Crippen LogP contribution >= 0.6 is 17.2 Å². The number of rotatable bonds is 5. The number of benzene rings is 2. The molecule has 0 fully saturated rings. The fourth-order valence-electron chi connectivity index (χ4n) is 2.56. The summed E-state index contributed by atoms with van der Waals surface area (Å²) in [7, 11) is 1.91. The predicted octanol–water partition coefficient (Wildman–Crippen LogP) is 4.23. The zero-order valence-electron chi connectivity index (χ0n) is 12.9. The topological polar surface area (TPSA) is 0 Å². The Kier molecular flexibility index (Phi) is 5.76. The molecular weight excluding hydrogens is 278 g/mol. The fourth-order valence-corrected chi connectivity index (χ4v) is 5.51. The Bertz CT molecular complexity index is 494. The third-order valence-electron chi connectivity index (χ3n) is 3.69. The number of hydrogen-bond acceptors (Lipinski definition) is 0. The molecule has 2 atom stereocenters. The first-order valence-electron chi connectivity index (χ1n) is 7.20. The zero-order chi connectivity index (χ0) is 14.5. The minimum atomic E-state index is 0.954. The van der Waals surface area contributed by atoms with Crippen LogP contribution in [0.1, 0.15) is 22.3 Å². The summed E-state index contributed by atoms with van der Waals surface area (Å²) in [6.07, 6.45) is 2.63. The molecule has 2 aromatic carbocycles. The lowest BCUT2D eigenvalue weighted by Crippen LogP contribution is -2.08. The third-order valence-corrected chi connectivity index (χ3v) is 7.48. The second-order valence-electron chi connectivity index (χ2n) is 5.39. The van der Waals surface area contributed by atoms with Gasteiger partial charge in [-0.15, -0.1) is 0 Å². The van der Waals surface area contributed by atoms with Crippen LogP contribution < -0.4 is 10.6 Å². The van der Waals surface area contributed by atoms with Gasteiger partial charge in [0.1, 0.15) is 0 Å². The molecule has 20 heavy (non-hydrogen) atoms. The summed E-state index contributed by atoms with van der Waals surface area (Å²) in [5.74, 6) is 0. The lowest BCUT2D eigenvalue weighted by Gasteiger charge is -2.11. The highest BCUT2D eigenvalue weighted by atomic mass is 31.1. The second kappa shape index (κ2) is 7.35. The molecule has 0 aliphatic rings. The van der Waals surface area contributed by atoms with E-state index in [1.807, 2.05) is 0 Å². The first-order chi connectivity index (χ1) is 9.59. The predicted molar refractivity (Wildman–Crippen MR) is 97.5 cm³/mol. The fraction of sp³-hybridized carbons (Fsp3) is 0.333. The van der Waals surface area contributed by atoms with Gasteiger partial charge in [-0.1, -0.05) is 53.6 Å². The summed E-state index contributed by atoms with van der Waals surface area (Å²) < 4.78 is 0. The molecule has 2 unspecified atom stereocenters. The van der Waals surface area contributed by atoms with E-state index in [0.29, 0.717) is 0 Å². The molecule has 0 aromatic heterocycles. The SMILES string of the molecule is Cc1cccc(C)c1PCCPc1c(C)cccc1C. The average Bonchev–Trinajstić information content (AvgIpc) is 2.40. The van der Waals surface area contributed by atoms with Crippen molar-refractivity contribution in [2.24, 2.45) is 0 Å². The summed E-state index contributed by atoms with van der Waals surface area (Å²) in [5, 5.41) is 3.16. The maximum absolute atomic E-state index is 2.24. The second-order valence-corrected chi connectivity index (χ2v) is 8.09. The van der Waals surface area contributed by atoms with Gasteiger partial charge < -0.3 is 0 Å². The molecule has 0 radical (unpaired) electrons. The Morgan fingerprint density at radius 3 is 1.20 bits per heavy atom. The highest BCUT2D eigenvalue weighted by Crippen LogP contribution is 2.22. The van der Waals surface area contributed by atoms with Crippen molar-refractivity contribution in [3.63, 3.8) is 0 Å². The van der Waals surface area contributed by atoms with Gasteiger partial charge in [0.25, 0.3) is 0 Å². The van der Waals surface area contributed by atoms with Crippen LogP contribution in [0.2, 0.25) is 0 Å². The molecule has 2 rings (SSSR count). The van der Waals surface area contributed by atoms with E-state index in [4.69, 9.17) is 0 Å². The van der Waals surface area contributed by atoms with Crippen molar-refractivity contribution in [2.45, 2.75) is 27.7 Å². The van der Waals surface area contributed by atoms with Gasteiger partial charge in [-0.05, 0) is 72.9 Å². The van der Waals surface area contributed by atoms with E-state index in [1.54, 1.807) is 10.6 Å².